The number of hydrogen-bond donors (Lipinski definition) is 3. The molecule has 0 atom stereocenters. The number of benzene rings is 1. The summed E-state index contributed by atoms with van der Waals surface area (Å²) in [4.78, 5) is 11.9. The van der Waals surface area contributed by atoms with E-state index in [2.05, 4.69) is 10.7 Å². The van der Waals surface area contributed by atoms with E-state index >= 15 is 0 Å². The van der Waals surface area contributed by atoms with Gasteiger partial charge >= 0.3 is 0 Å². The van der Waals surface area contributed by atoms with Crippen LogP contribution in [0.3, 0.4) is 0 Å². The topological polar surface area (TPSA) is 76.4 Å². The van der Waals surface area contributed by atoms with Crippen LogP contribution in [-0.2, 0) is 4.74 Å². The fourth-order valence-electron chi connectivity index (χ4n) is 1.82. The average Bonchev–Trinajstić information content (AvgIpc) is 2.42. The van der Waals surface area contributed by atoms with Gasteiger partial charge in [-0.05, 0) is 57.4 Å². The van der Waals surface area contributed by atoms with Gasteiger partial charge < -0.3 is 15.5 Å². The average molecular weight is 279 g/mol. The summed E-state index contributed by atoms with van der Waals surface area (Å²) in [7, 11) is 0. The molecule has 0 fully saturated rings. The predicted molar refractivity (Wildman–Crippen MR) is 81.6 cm³/mol. The number of aryl methyl sites for hydroxylation is 1. The van der Waals surface area contributed by atoms with Gasteiger partial charge in [0.2, 0.25) is 0 Å². The summed E-state index contributed by atoms with van der Waals surface area (Å²) in [5, 5.41) is 2.91. The van der Waals surface area contributed by atoms with Crippen molar-refractivity contribution in [3.05, 3.63) is 29.3 Å². The Labute approximate surface area is 120 Å². The molecule has 0 saturated carbocycles. The van der Waals surface area contributed by atoms with Crippen LogP contribution in [0.1, 0.15) is 42.6 Å². The molecule has 0 aromatic heterocycles. The lowest BCUT2D eigenvalue weighted by molar-refractivity contribution is 0.0754. The molecule has 1 aromatic rings. The van der Waals surface area contributed by atoms with Crippen molar-refractivity contribution >= 4 is 11.6 Å². The van der Waals surface area contributed by atoms with Gasteiger partial charge in [0.1, 0.15) is 0 Å². The lowest BCUT2D eigenvalue weighted by Gasteiger charge is -2.09. The Morgan fingerprint density at radius 3 is 2.70 bits per heavy atom. The van der Waals surface area contributed by atoms with Gasteiger partial charge in [-0.3, -0.25) is 10.6 Å². The van der Waals surface area contributed by atoms with Crippen molar-refractivity contribution in [2.24, 2.45) is 5.84 Å². The van der Waals surface area contributed by atoms with E-state index in [1.165, 1.54) is 0 Å². The maximum Gasteiger partial charge on any atom is 0.251 e. The largest absolute Gasteiger partial charge is 0.379 e. The second kappa shape index (κ2) is 8.55. The number of ether oxygens (including phenoxy) is 1. The highest BCUT2D eigenvalue weighted by Crippen LogP contribution is 2.15. The number of anilines is 1. The van der Waals surface area contributed by atoms with Crippen LogP contribution in [0.25, 0.3) is 0 Å². The molecule has 1 rings (SSSR count). The second-order valence-corrected chi connectivity index (χ2v) is 5.06. The lowest BCUT2D eigenvalue weighted by Crippen LogP contribution is -2.25. The quantitative estimate of drug-likeness (QED) is 0.387. The molecule has 0 aliphatic carbocycles. The number of carbonyl (C=O) groups excluding carboxylic acids is 1. The normalized spacial score (nSPS) is 10.7. The Kier molecular flexibility index (Phi) is 7.04. The molecule has 112 valence electrons. The maximum absolute atomic E-state index is 11.9. The van der Waals surface area contributed by atoms with Crippen molar-refractivity contribution in [1.29, 1.82) is 0 Å². The minimum atomic E-state index is -0.0542. The SMILES string of the molecule is Cc1cc(C(=O)NCCCCOC(C)C)ccc1NN. The number of rotatable bonds is 8. The van der Waals surface area contributed by atoms with Gasteiger partial charge in [0, 0.05) is 18.7 Å². The van der Waals surface area contributed by atoms with Crippen molar-refractivity contribution in [2.45, 2.75) is 39.7 Å². The van der Waals surface area contributed by atoms with Gasteiger partial charge in [-0.1, -0.05) is 0 Å². The molecule has 0 bridgehead atoms. The van der Waals surface area contributed by atoms with Gasteiger partial charge in [-0.15, -0.1) is 0 Å². The summed E-state index contributed by atoms with van der Waals surface area (Å²) in [5.41, 5.74) is 5.02. The number of unbranched alkanes of at least 4 members (excludes halogenated alkanes) is 1. The van der Waals surface area contributed by atoms with Gasteiger partial charge in [0.05, 0.1) is 11.8 Å². The van der Waals surface area contributed by atoms with Crippen molar-refractivity contribution < 1.29 is 9.53 Å². The van der Waals surface area contributed by atoms with Crippen LogP contribution in [0.5, 0.6) is 0 Å². The Morgan fingerprint density at radius 2 is 2.10 bits per heavy atom. The molecule has 0 spiro atoms. The molecule has 0 aliphatic rings. The standard InChI is InChI=1S/C15H25N3O2/c1-11(2)20-9-5-4-8-17-15(19)13-6-7-14(18-16)12(3)10-13/h6-7,10-11,18H,4-5,8-9,16H2,1-3H3,(H,17,19). The fourth-order valence-corrected chi connectivity index (χ4v) is 1.82. The van der Waals surface area contributed by atoms with Crippen LogP contribution >= 0.6 is 0 Å². The molecular formula is C15H25N3O2. The van der Waals surface area contributed by atoms with E-state index in [4.69, 9.17) is 10.6 Å². The Bertz CT molecular complexity index is 433. The van der Waals surface area contributed by atoms with Crippen molar-refractivity contribution in [1.82, 2.24) is 5.32 Å². The van der Waals surface area contributed by atoms with Crippen molar-refractivity contribution in [2.75, 3.05) is 18.6 Å². The van der Waals surface area contributed by atoms with E-state index < -0.39 is 0 Å². The van der Waals surface area contributed by atoms with E-state index in [0.29, 0.717) is 12.1 Å². The number of amides is 1. The van der Waals surface area contributed by atoms with E-state index in [-0.39, 0.29) is 12.0 Å². The molecule has 0 aliphatic heterocycles. The maximum atomic E-state index is 11.9. The third-order valence-electron chi connectivity index (χ3n) is 2.95. The summed E-state index contributed by atoms with van der Waals surface area (Å²) in [6, 6.07) is 5.40. The molecule has 20 heavy (non-hydrogen) atoms. The molecule has 0 unspecified atom stereocenters. The highest BCUT2D eigenvalue weighted by molar-refractivity contribution is 5.94. The van der Waals surface area contributed by atoms with E-state index in [0.717, 1.165) is 30.7 Å². The number of carbonyl (C=O) groups is 1. The Balaban J connectivity index is 2.31. The highest BCUT2D eigenvalue weighted by Gasteiger charge is 2.06. The van der Waals surface area contributed by atoms with Crippen LogP contribution in [0.2, 0.25) is 0 Å². The molecule has 1 aromatic carbocycles. The van der Waals surface area contributed by atoms with E-state index in [9.17, 15) is 4.79 Å². The third kappa shape index (κ3) is 5.59. The molecule has 1 amide bonds. The summed E-state index contributed by atoms with van der Waals surface area (Å²) in [6.45, 7) is 7.35. The zero-order chi connectivity index (χ0) is 15.0. The van der Waals surface area contributed by atoms with Crippen LogP contribution in [0.4, 0.5) is 5.69 Å². The molecule has 0 heterocycles. The molecule has 0 saturated heterocycles. The number of nitrogens with one attached hydrogen (secondary N) is 2. The number of nitrogens with two attached hydrogens (primary N) is 1. The number of hydrogen-bond acceptors (Lipinski definition) is 4. The third-order valence-corrected chi connectivity index (χ3v) is 2.95. The van der Waals surface area contributed by atoms with E-state index in [1.54, 1.807) is 12.1 Å². The highest BCUT2D eigenvalue weighted by atomic mass is 16.5. The second-order valence-electron chi connectivity index (χ2n) is 5.06. The summed E-state index contributed by atoms with van der Waals surface area (Å²) in [5.74, 6) is 5.31. The van der Waals surface area contributed by atoms with Crippen molar-refractivity contribution in [3.63, 3.8) is 0 Å². The predicted octanol–water partition coefficient (Wildman–Crippen LogP) is 2.22. The van der Waals surface area contributed by atoms with Crippen LogP contribution < -0.4 is 16.6 Å². The minimum Gasteiger partial charge on any atom is -0.379 e. The molecule has 5 heteroatoms. The molecular weight excluding hydrogens is 254 g/mol. The Morgan fingerprint density at radius 1 is 1.35 bits per heavy atom. The summed E-state index contributed by atoms with van der Waals surface area (Å²) in [6.07, 6.45) is 2.13. The monoisotopic (exact) mass is 279 g/mol. The first kappa shape index (κ1) is 16.5. The van der Waals surface area contributed by atoms with Crippen LogP contribution in [0, 0.1) is 6.92 Å². The van der Waals surface area contributed by atoms with Gasteiger partial charge in [0.25, 0.3) is 5.91 Å². The number of nitrogen functional groups attached to an aromatic ring is 1. The smallest absolute Gasteiger partial charge is 0.251 e. The van der Waals surface area contributed by atoms with Gasteiger partial charge in [-0.25, -0.2) is 0 Å². The number of hydrazine groups is 1. The molecule has 5 nitrogen and oxygen atoms in total. The molecule has 4 N–H and O–H groups in total. The van der Waals surface area contributed by atoms with Crippen molar-refractivity contribution in [3.8, 4) is 0 Å². The van der Waals surface area contributed by atoms with Gasteiger partial charge in [0.15, 0.2) is 0 Å². The zero-order valence-electron chi connectivity index (χ0n) is 12.5. The minimum absolute atomic E-state index is 0.0542. The lowest BCUT2D eigenvalue weighted by atomic mass is 10.1. The first-order valence-corrected chi connectivity index (χ1v) is 7.01. The summed E-state index contributed by atoms with van der Waals surface area (Å²) < 4.78 is 5.44. The first-order chi connectivity index (χ1) is 9.54. The summed E-state index contributed by atoms with van der Waals surface area (Å²) >= 11 is 0. The fraction of sp³-hybridized carbons (Fsp3) is 0.533. The zero-order valence-corrected chi connectivity index (χ0v) is 12.5. The first-order valence-electron chi connectivity index (χ1n) is 7.01. The Hall–Kier alpha value is -1.59. The van der Waals surface area contributed by atoms with Crippen LogP contribution in [-0.4, -0.2) is 25.2 Å². The van der Waals surface area contributed by atoms with Gasteiger partial charge in [-0.2, -0.15) is 0 Å². The molecule has 0 radical (unpaired) electrons. The van der Waals surface area contributed by atoms with Crippen LogP contribution in [0.15, 0.2) is 18.2 Å². The van der Waals surface area contributed by atoms with E-state index in [1.807, 2.05) is 26.8 Å².